The van der Waals surface area contributed by atoms with Crippen molar-refractivity contribution >= 4 is 40.7 Å². The fourth-order valence-corrected chi connectivity index (χ4v) is 2.85. The van der Waals surface area contributed by atoms with E-state index < -0.39 is 5.91 Å². The average molecular weight is 414 g/mol. The van der Waals surface area contributed by atoms with Gasteiger partial charge >= 0.3 is 0 Å². The van der Waals surface area contributed by atoms with Crippen LogP contribution in [0.25, 0.3) is 0 Å². The quantitative estimate of drug-likeness (QED) is 0.585. The van der Waals surface area contributed by atoms with Crippen LogP contribution in [0, 0.1) is 6.92 Å². The van der Waals surface area contributed by atoms with Gasteiger partial charge in [-0.2, -0.15) is 0 Å². The highest BCUT2D eigenvalue weighted by Gasteiger charge is 2.13. The number of anilines is 1. The van der Waals surface area contributed by atoms with E-state index in [1.165, 1.54) is 12.1 Å². The van der Waals surface area contributed by atoms with Crippen LogP contribution >= 0.6 is 23.2 Å². The summed E-state index contributed by atoms with van der Waals surface area (Å²) in [6.07, 6.45) is 0. The molecule has 0 aliphatic rings. The van der Waals surface area contributed by atoms with Gasteiger partial charge in [0.05, 0.1) is 5.02 Å². The first-order chi connectivity index (χ1) is 13.4. The van der Waals surface area contributed by atoms with Crippen molar-refractivity contribution in [2.45, 2.75) is 13.5 Å². The van der Waals surface area contributed by atoms with Gasteiger partial charge in [-0.25, -0.2) is 4.98 Å². The summed E-state index contributed by atoms with van der Waals surface area (Å²) in [6.45, 7) is 2.21. The molecule has 0 unspecified atom stereocenters. The van der Waals surface area contributed by atoms with Crippen LogP contribution in [0.4, 0.5) is 5.69 Å². The molecule has 0 saturated heterocycles. The lowest BCUT2D eigenvalue weighted by Gasteiger charge is -2.09. The lowest BCUT2D eigenvalue weighted by atomic mass is 10.1. The Kier molecular flexibility index (Phi) is 6.29. The number of pyridine rings is 1. The maximum atomic E-state index is 12.3. The lowest BCUT2D eigenvalue weighted by molar-refractivity contribution is 0.0945. The number of aromatic nitrogens is 1. The van der Waals surface area contributed by atoms with Gasteiger partial charge in [0.15, 0.2) is 0 Å². The van der Waals surface area contributed by atoms with Crippen LogP contribution < -0.4 is 10.6 Å². The van der Waals surface area contributed by atoms with Crippen LogP contribution in [-0.4, -0.2) is 16.8 Å². The number of amides is 2. The van der Waals surface area contributed by atoms with E-state index in [1.54, 1.807) is 30.3 Å². The van der Waals surface area contributed by atoms with Gasteiger partial charge in [-0.1, -0.05) is 53.0 Å². The number of hydrogen-bond donors (Lipinski definition) is 2. The molecular weight excluding hydrogens is 397 g/mol. The fourth-order valence-electron chi connectivity index (χ4n) is 2.51. The molecule has 0 radical (unpaired) electrons. The highest BCUT2D eigenvalue weighted by molar-refractivity contribution is 6.34. The van der Waals surface area contributed by atoms with Crippen molar-refractivity contribution in [1.82, 2.24) is 10.3 Å². The van der Waals surface area contributed by atoms with E-state index in [1.807, 2.05) is 25.1 Å². The second-order valence-corrected chi connectivity index (χ2v) is 6.96. The molecule has 0 saturated carbocycles. The minimum absolute atomic E-state index is 0.0676. The van der Waals surface area contributed by atoms with Crippen LogP contribution in [0.5, 0.6) is 0 Å². The molecule has 28 heavy (non-hydrogen) atoms. The Balaban J connectivity index is 1.64. The van der Waals surface area contributed by atoms with Crippen molar-refractivity contribution in [3.05, 3.63) is 93.2 Å². The molecule has 7 heteroatoms. The second-order valence-electron chi connectivity index (χ2n) is 6.17. The van der Waals surface area contributed by atoms with Crippen molar-refractivity contribution in [3.8, 4) is 0 Å². The molecule has 1 aromatic heterocycles. The standard InChI is InChI=1S/C21H17Cl2N3O2/c1-13-5-7-15(8-6-13)20(27)25-16-4-2-3-14(11-16)12-24-21(28)19-17(22)9-10-18(23)26-19/h2-11H,12H2,1H3,(H,24,28)(H,25,27). The van der Waals surface area contributed by atoms with Crippen molar-refractivity contribution in [1.29, 1.82) is 0 Å². The van der Waals surface area contributed by atoms with Crippen LogP contribution in [-0.2, 0) is 6.54 Å². The molecule has 142 valence electrons. The fraction of sp³-hybridized carbons (Fsp3) is 0.0952. The zero-order valence-electron chi connectivity index (χ0n) is 15.0. The minimum atomic E-state index is -0.429. The first-order valence-corrected chi connectivity index (χ1v) is 9.25. The van der Waals surface area contributed by atoms with E-state index in [-0.39, 0.29) is 28.3 Å². The molecular formula is C21H17Cl2N3O2. The topological polar surface area (TPSA) is 71.1 Å². The second kappa shape index (κ2) is 8.87. The van der Waals surface area contributed by atoms with Crippen LogP contribution in [0.15, 0.2) is 60.7 Å². The average Bonchev–Trinajstić information content (AvgIpc) is 2.68. The maximum absolute atomic E-state index is 12.3. The third-order valence-electron chi connectivity index (χ3n) is 3.98. The first-order valence-electron chi connectivity index (χ1n) is 8.49. The largest absolute Gasteiger partial charge is 0.347 e. The van der Waals surface area contributed by atoms with Gasteiger partial charge in [0.1, 0.15) is 10.8 Å². The summed E-state index contributed by atoms with van der Waals surface area (Å²) >= 11 is 11.8. The third-order valence-corrected chi connectivity index (χ3v) is 4.49. The number of carbonyl (C=O) groups excluding carboxylic acids is 2. The Morgan fingerprint density at radius 2 is 1.71 bits per heavy atom. The monoisotopic (exact) mass is 413 g/mol. The molecule has 1 heterocycles. The Hall–Kier alpha value is -2.89. The van der Waals surface area contributed by atoms with Gasteiger partial charge in [0.25, 0.3) is 11.8 Å². The zero-order chi connectivity index (χ0) is 20.1. The summed E-state index contributed by atoms with van der Waals surface area (Å²) in [5.41, 5.74) is 3.18. The first kappa shape index (κ1) is 19.9. The summed E-state index contributed by atoms with van der Waals surface area (Å²) in [4.78, 5) is 28.6. The lowest BCUT2D eigenvalue weighted by Crippen LogP contribution is -2.24. The van der Waals surface area contributed by atoms with Gasteiger partial charge < -0.3 is 10.6 Å². The smallest absolute Gasteiger partial charge is 0.271 e. The van der Waals surface area contributed by atoms with Crippen LogP contribution in [0.2, 0.25) is 10.2 Å². The summed E-state index contributed by atoms with van der Waals surface area (Å²) in [7, 11) is 0. The van der Waals surface area contributed by atoms with E-state index in [9.17, 15) is 9.59 Å². The highest BCUT2D eigenvalue weighted by Crippen LogP contribution is 2.17. The summed E-state index contributed by atoms with van der Waals surface area (Å²) < 4.78 is 0. The molecule has 2 amide bonds. The number of nitrogens with zero attached hydrogens (tertiary/aromatic N) is 1. The van der Waals surface area contributed by atoms with E-state index in [0.717, 1.165) is 11.1 Å². The van der Waals surface area contributed by atoms with Crippen LogP contribution in [0.1, 0.15) is 32.0 Å². The van der Waals surface area contributed by atoms with E-state index in [0.29, 0.717) is 11.3 Å². The normalized spacial score (nSPS) is 10.4. The molecule has 0 fully saturated rings. The van der Waals surface area contributed by atoms with E-state index >= 15 is 0 Å². The van der Waals surface area contributed by atoms with Crippen molar-refractivity contribution in [2.24, 2.45) is 0 Å². The Morgan fingerprint density at radius 1 is 0.964 bits per heavy atom. The summed E-state index contributed by atoms with van der Waals surface area (Å²) in [5.74, 6) is -0.627. The predicted molar refractivity (Wildman–Crippen MR) is 111 cm³/mol. The molecule has 2 N–H and O–H groups in total. The molecule has 3 rings (SSSR count). The number of aryl methyl sites for hydroxylation is 1. The van der Waals surface area contributed by atoms with E-state index in [2.05, 4.69) is 15.6 Å². The SMILES string of the molecule is Cc1ccc(C(=O)Nc2cccc(CNC(=O)c3nc(Cl)ccc3Cl)c2)cc1. The van der Waals surface area contributed by atoms with E-state index in [4.69, 9.17) is 23.2 Å². The van der Waals surface area contributed by atoms with Gasteiger partial charge in [0, 0.05) is 17.8 Å². The highest BCUT2D eigenvalue weighted by atomic mass is 35.5. The molecule has 3 aromatic rings. The Bertz CT molecular complexity index is 1020. The van der Waals surface area contributed by atoms with Gasteiger partial charge in [-0.05, 0) is 48.9 Å². The zero-order valence-corrected chi connectivity index (χ0v) is 16.5. The summed E-state index contributed by atoms with van der Waals surface area (Å²) in [5, 5.41) is 6.01. The molecule has 0 atom stereocenters. The predicted octanol–water partition coefficient (Wildman–Crippen LogP) is 4.88. The molecule has 0 aliphatic carbocycles. The molecule has 0 bridgehead atoms. The molecule has 2 aromatic carbocycles. The van der Waals surface area contributed by atoms with Gasteiger partial charge in [0.2, 0.25) is 0 Å². The number of hydrogen-bond acceptors (Lipinski definition) is 3. The van der Waals surface area contributed by atoms with Crippen LogP contribution in [0.3, 0.4) is 0 Å². The van der Waals surface area contributed by atoms with Gasteiger partial charge in [-0.15, -0.1) is 0 Å². The number of nitrogens with one attached hydrogen (secondary N) is 2. The molecule has 0 spiro atoms. The minimum Gasteiger partial charge on any atom is -0.347 e. The molecule has 5 nitrogen and oxygen atoms in total. The third kappa shape index (κ3) is 5.09. The number of benzene rings is 2. The number of halogens is 2. The van der Waals surface area contributed by atoms with Crippen molar-refractivity contribution in [3.63, 3.8) is 0 Å². The van der Waals surface area contributed by atoms with Gasteiger partial charge in [-0.3, -0.25) is 9.59 Å². The van der Waals surface area contributed by atoms with Crippen molar-refractivity contribution < 1.29 is 9.59 Å². The number of rotatable bonds is 5. The summed E-state index contributed by atoms with van der Waals surface area (Å²) in [6, 6.07) is 17.6. The Morgan fingerprint density at radius 3 is 2.46 bits per heavy atom. The maximum Gasteiger partial charge on any atom is 0.271 e. The van der Waals surface area contributed by atoms with Crippen molar-refractivity contribution in [2.75, 3.05) is 5.32 Å². The Labute approximate surface area is 172 Å². The molecule has 0 aliphatic heterocycles. The number of carbonyl (C=O) groups is 2.